The Morgan fingerprint density at radius 1 is 1.15 bits per heavy atom. The summed E-state index contributed by atoms with van der Waals surface area (Å²) in [5.74, 6) is -0.306. The molecule has 0 saturated heterocycles. The van der Waals surface area contributed by atoms with Gasteiger partial charge in [-0.05, 0) is 71.0 Å². The normalized spacial score (nSPS) is 12.3. The molecule has 1 atom stereocenters. The second-order valence-electron chi connectivity index (χ2n) is 6.93. The quantitative estimate of drug-likeness (QED) is 0.544. The minimum atomic E-state index is -0.630. The van der Waals surface area contributed by atoms with Crippen molar-refractivity contribution in [3.63, 3.8) is 0 Å². The van der Waals surface area contributed by atoms with Crippen LogP contribution >= 0.6 is 31.9 Å². The third-order valence-corrected chi connectivity index (χ3v) is 5.14. The van der Waals surface area contributed by atoms with Crippen LogP contribution in [0.1, 0.15) is 43.3 Å². The van der Waals surface area contributed by atoms with E-state index in [0.717, 1.165) is 5.56 Å². The Hall–Kier alpha value is -1.80. The Morgan fingerprint density at radius 2 is 1.81 bits per heavy atom. The van der Waals surface area contributed by atoms with Crippen molar-refractivity contribution in [1.29, 1.82) is 0 Å². The van der Waals surface area contributed by atoms with E-state index in [1.807, 2.05) is 30.3 Å². The van der Waals surface area contributed by atoms with Crippen LogP contribution in [0.25, 0.3) is 0 Å². The third kappa shape index (κ3) is 7.38. The number of furan rings is 1. The van der Waals surface area contributed by atoms with Crippen molar-refractivity contribution in [2.45, 2.75) is 45.4 Å². The van der Waals surface area contributed by atoms with Gasteiger partial charge in [0.1, 0.15) is 11.8 Å². The van der Waals surface area contributed by atoms with Crippen LogP contribution in [-0.4, -0.2) is 23.8 Å². The summed E-state index contributed by atoms with van der Waals surface area (Å²) in [7, 11) is 0. The number of carbonyl (C=O) groups is 2. The van der Waals surface area contributed by atoms with Crippen molar-refractivity contribution in [3.8, 4) is 0 Å². The van der Waals surface area contributed by atoms with Gasteiger partial charge < -0.3 is 19.8 Å². The summed E-state index contributed by atoms with van der Waals surface area (Å²) in [5, 5.41) is 5.48. The molecular formula is C19H22Br2N2O4. The van der Waals surface area contributed by atoms with Gasteiger partial charge in [-0.15, -0.1) is 0 Å². The Kier molecular flexibility index (Phi) is 7.49. The number of halogens is 2. The van der Waals surface area contributed by atoms with Gasteiger partial charge in [0.05, 0.1) is 4.47 Å². The highest BCUT2D eigenvalue weighted by Gasteiger charge is 2.22. The zero-order chi connectivity index (χ0) is 20.0. The first-order valence-electron chi connectivity index (χ1n) is 8.43. The van der Waals surface area contributed by atoms with Crippen LogP contribution < -0.4 is 10.6 Å². The molecule has 0 aliphatic heterocycles. The van der Waals surface area contributed by atoms with Gasteiger partial charge in [-0.1, -0.05) is 30.3 Å². The average Bonchev–Trinajstić information content (AvgIpc) is 2.91. The van der Waals surface area contributed by atoms with E-state index in [9.17, 15) is 9.59 Å². The summed E-state index contributed by atoms with van der Waals surface area (Å²) in [6, 6.07) is 11.4. The first-order chi connectivity index (χ1) is 12.6. The number of hydrogen-bond donors (Lipinski definition) is 2. The highest BCUT2D eigenvalue weighted by atomic mass is 79.9. The molecule has 2 aromatic rings. The maximum Gasteiger partial charge on any atom is 0.409 e. The highest BCUT2D eigenvalue weighted by Crippen LogP contribution is 2.26. The lowest BCUT2D eigenvalue weighted by Crippen LogP contribution is -2.49. The van der Waals surface area contributed by atoms with Gasteiger partial charge in [0.25, 0.3) is 5.91 Å². The Bertz CT molecular complexity index is 765. The van der Waals surface area contributed by atoms with Gasteiger partial charge in [0.15, 0.2) is 10.4 Å². The summed E-state index contributed by atoms with van der Waals surface area (Å²) in [4.78, 5) is 24.6. The van der Waals surface area contributed by atoms with Crippen molar-refractivity contribution in [1.82, 2.24) is 10.6 Å². The number of rotatable bonds is 6. The molecule has 0 aliphatic carbocycles. The first-order valence-corrected chi connectivity index (χ1v) is 10.0. The maximum absolute atomic E-state index is 12.5. The molecule has 1 unspecified atom stereocenters. The molecule has 2 rings (SSSR count). The number of nitrogens with one attached hydrogen (secondary N) is 2. The van der Waals surface area contributed by atoms with Crippen molar-refractivity contribution in [2.24, 2.45) is 0 Å². The van der Waals surface area contributed by atoms with Gasteiger partial charge in [-0.25, -0.2) is 4.79 Å². The average molecular weight is 502 g/mol. The van der Waals surface area contributed by atoms with Crippen LogP contribution in [-0.2, 0) is 11.2 Å². The van der Waals surface area contributed by atoms with Crippen LogP contribution in [0.5, 0.6) is 0 Å². The zero-order valence-electron chi connectivity index (χ0n) is 15.3. The van der Waals surface area contributed by atoms with Crippen LogP contribution in [0, 0.1) is 0 Å². The lowest BCUT2D eigenvalue weighted by Gasteiger charge is -2.24. The van der Waals surface area contributed by atoms with Crippen LogP contribution in [0.3, 0.4) is 0 Å². The lowest BCUT2D eigenvalue weighted by atomic mass is 10.1. The topological polar surface area (TPSA) is 80.6 Å². The Balaban J connectivity index is 2.05. The van der Waals surface area contributed by atoms with Gasteiger partial charge >= 0.3 is 6.09 Å². The minimum absolute atomic E-state index is 0.129. The Labute approximate surface area is 175 Å². The number of hydrogen-bond acceptors (Lipinski definition) is 4. The monoisotopic (exact) mass is 500 g/mol. The SMILES string of the molecule is CC(C)(C)OC(=O)NC(CCc1ccccc1)NC(=O)c1cc(Br)c(Br)o1. The molecule has 1 aromatic carbocycles. The summed E-state index contributed by atoms with van der Waals surface area (Å²) >= 11 is 6.48. The van der Waals surface area contributed by atoms with Gasteiger partial charge in [0, 0.05) is 6.07 Å². The fourth-order valence-electron chi connectivity index (χ4n) is 2.27. The van der Waals surface area contributed by atoms with Gasteiger partial charge in [0.2, 0.25) is 0 Å². The van der Waals surface area contributed by atoms with Crippen LogP contribution in [0.2, 0.25) is 0 Å². The van der Waals surface area contributed by atoms with Crippen LogP contribution in [0.4, 0.5) is 4.79 Å². The van der Waals surface area contributed by atoms with Crippen molar-refractivity contribution in [2.75, 3.05) is 0 Å². The zero-order valence-corrected chi connectivity index (χ0v) is 18.5. The van der Waals surface area contributed by atoms with Crippen LogP contribution in [0.15, 0.2) is 50.0 Å². The van der Waals surface area contributed by atoms with Crippen molar-refractivity contribution in [3.05, 3.63) is 56.9 Å². The second kappa shape index (κ2) is 9.41. The van der Waals surface area contributed by atoms with E-state index in [1.54, 1.807) is 26.8 Å². The summed E-state index contributed by atoms with van der Waals surface area (Å²) in [6.07, 6.45) is -0.0385. The molecule has 2 N–H and O–H groups in total. The number of amides is 2. The van der Waals surface area contributed by atoms with Crippen molar-refractivity contribution < 1.29 is 18.7 Å². The van der Waals surface area contributed by atoms with Gasteiger partial charge in [-0.2, -0.15) is 0 Å². The molecule has 27 heavy (non-hydrogen) atoms. The smallest absolute Gasteiger partial charge is 0.409 e. The number of carbonyl (C=O) groups excluding carboxylic acids is 2. The number of benzene rings is 1. The molecule has 6 nitrogen and oxygen atoms in total. The highest BCUT2D eigenvalue weighted by molar-refractivity contribution is 9.13. The first kappa shape index (κ1) is 21.5. The van der Waals surface area contributed by atoms with E-state index < -0.39 is 23.8 Å². The number of alkyl carbamates (subject to hydrolysis) is 1. The minimum Gasteiger partial charge on any atom is -0.444 e. The standard InChI is InChI=1S/C19H22Br2N2O4/c1-19(2,3)27-18(25)23-15(10-9-12-7-5-4-6-8-12)22-17(24)14-11-13(20)16(21)26-14/h4-8,11,15H,9-10H2,1-3H3,(H,22,24)(H,23,25). The summed E-state index contributed by atoms with van der Waals surface area (Å²) in [6.45, 7) is 5.34. The largest absolute Gasteiger partial charge is 0.444 e. The van der Waals surface area contributed by atoms with E-state index in [4.69, 9.17) is 9.15 Å². The molecule has 0 fully saturated rings. The fraction of sp³-hybridized carbons (Fsp3) is 0.368. The molecule has 0 saturated carbocycles. The van der Waals surface area contributed by atoms with Crippen molar-refractivity contribution >= 4 is 43.9 Å². The lowest BCUT2D eigenvalue weighted by molar-refractivity contribution is 0.0489. The van der Waals surface area contributed by atoms with E-state index in [2.05, 4.69) is 42.5 Å². The second-order valence-corrected chi connectivity index (χ2v) is 8.50. The van der Waals surface area contributed by atoms with Gasteiger partial charge in [-0.3, -0.25) is 4.79 Å². The predicted octanol–water partition coefficient (Wildman–Crippen LogP) is 5.02. The van der Waals surface area contributed by atoms with E-state index in [0.29, 0.717) is 22.0 Å². The molecule has 1 heterocycles. The van der Waals surface area contributed by atoms with E-state index >= 15 is 0 Å². The molecule has 146 valence electrons. The molecule has 2 amide bonds. The van der Waals surface area contributed by atoms with E-state index in [-0.39, 0.29) is 5.76 Å². The number of ether oxygens (including phenoxy) is 1. The molecule has 8 heteroatoms. The molecule has 0 bridgehead atoms. The molecule has 0 spiro atoms. The molecule has 0 aliphatic rings. The fourth-order valence-corrected chi connectivity index (χ4v) is 2.85. The van der Waals surface area contributed by atoms with E-state index in [1.165, 1.54) is 0 Å². The third-order valence-electron chi connectivity index (χ3n) is 3.43. The maximum atomic E-state index is 12.5. The Morgan fingerprint density at radius 3 is 2.37 bits per heavy atom. The molecular weight excluding hydrogens is 480 g/mol. The summed E-state index contributed by atoms with van der Waals surface area (Å²) < 4.78 is 11.7. The molecule has 1 aromatic heterocycles. The predicted molar refractivity (Wildman–Crippen MR) is 109 cm³/mol. The summed E-state index contributed by atoms with van der Waals surface area (Å²) in [5.41, 5.74) is 0.473. The number of aryl methyl sites for hydroxylation is 1. The molecule has 0 radical (unpaired) electrons.